The summed E-state index contributed by atoms with van der Waals surface area (Å²) in [6.45, 7) is 0.375. The SMILES string of the molecule is O=C(O)C1CN(C(=O)Nc2c(Cl)cc(Br)cc2Cl)C1. The number of rotatable bonds is 2. The molecule has 2 amide bonds. The molecule has 2 rings (SSSR count). The number of amides is 2. The Balaban J connectivity index is 2.03. The summed E-state index contributed by atoms with van der Waals surface area (Å²) in [5.41, 5.74) is 0.315. The Labute approximate surface area is 127 Å². The number of urea groups is 1. The van der Waals surface area contributed by atoms with E-state index in [9.17, 15) is 9.59 Å². The van der Waals surface area contributed by atoms with E-state index in [1.807, 2.05) is 0 Å². The van der Waals surface area contributed by atoms with Crippen LogP contribution < -0.4 is 5.32 Å². The molecule has 0 spiro atoms. The molecule has 0 unspecified atom stereocenters. The van der Waals surface area contributed by atoms with Gasteiger partial charge in [-0.3, -0.25) is 4.79 Å². The van der Waals surface area contributed by atoms with Crippen LogP contribution in [0.3, 0.4) is 0 Å². The van der Waals surface area contributed by atoms with E-state index in [4.69, 9.17) is 28.3 Å². The van der Waals surface area contributed by atoms with Gasteiger partial charge in [-0.05, 0) is 12.1 Å². The maximum absolute atomic E-state index is 11.8. The number of hydrogen-bond acceptors (Lipinski definition) is 2. The van der Waals surface area contributed by atoms with Crippen molar-refractivity contribution in [1.82, 2.24) is 4.90 Å². The molecule has 5 nitrogen and oxygen atoms in total. The van der Waals surface area contributed by atoms with Crippen molar-refractivity contribution in [3.8, 4) is 0 Å². The van der Waals surface area contributed by atoms with Gasteiger partial charge in [0.25, 0.3) is 0 Å². The van der Waals surface area contributed by atoms with Gasteiger partial charge in [-0.25, -0.2) is 4.79 Å². The molecule has 0 saturated carbocycles. The van der Waals surface area contributed by atoms with Gasteiger partial charge in [-0.2, -0.15) is 0 Å². The summed E-state index contributed by atoms with van der Waals surface area (Å²) in [6, 6.07) is 2.81. The number of likely N-dealkylation sites (tertiary alicyclic amines) is 1. The monoisotopic (exact) mass is 366 g/mol. The average molecular weight is 368 g/mol. The standard InChI is InChI=1S/C11H9BrCl2N2O3/c12-6-1-7(13)9(8(14)2-6)15-11(19)16-3-5(4-16)10(17)18/h1-2,5H,3-4H2,(H,15,19)(H,17,18). The molecule has 2 N–H and O–H groups in total. The molecule has 1 aliphatic rings. The second-order valence-corrected chi connectivity index (χ2v) is 5.84. The number of nitrogens with one attached hydrogen (secondary N) is 1. The molecule has 0 aromatic heterocycles. The molecule has 1 aromatic rings. The van der Waals surface area contributed by atoms with Crippen LogP contribution in [-0.4, -0.2) is 35.1 Å². The second-order valence-electron chi connectivity index (χ2n) is 4.11. The van der Waals surface area contributed by atoms with E-state index in [1.54, 1.807) is 12.1 Å². The molecule has 102 valence electrons. The van der Waals surface area contributed by atoms with Gasteiger partial charge >= 0.3 is 12.0 Å². The predicted octanol–water partition coefficient (Wildman–Crippen LogP) is 3.30. The van der Waals surface area contributed by atoms with Gasteiger partial charge in [-0.1, -0.05) is 39.1 Å². The van der Waals surface area contributed by atoms with E-state index in [0.717, 1.165) is 0 Å². The number of hydrogen-bond donors (Lipinski definition) is 2. The van der Waals surface area contributed by atoms with Crippen LogP contribution >= 0.6 is 39.1 Å². The molecule has 0 bridgehead atoms. The zero-order chi connectivity index (χ0) is 14.2. The Kier molecular flexibility index (Phi) is 4.23. The molecule has 1 fully saturated rings. The van der Waals surface area contributed by atoms with Gasteiger partial charge in [0.05, 0.1) is 21.7 Å². The van der Waals surface area contributed by atoms with E-state index < -0.39 is 17.9 Å². The smallest absolute Gasteiger partial charge is 0.321 e. The first-order chi connectivity index (χ1) is 8.88. The first kappa shape index (κ1) is 14.4. The van der Waals surface area contributed by atoms with Crippen molar-refractivity contribution in [1.29, 1.82) is 0 Å². The van der Waals surface area contributed by atoms with Gasteiger partial charge in [-0.15, -0.1) is 0 Å². The average Bonchev–Trinajstić information content (AvgIpc) is 2.20. The lowest BCUT2D eigenvalue weighted by Gasteiger charge is -2.36. The van der Waals surface area contributed by atoms with Gasteiger partial charge < -0.3 is 15.3 Å². The van der Waals surface area contributed by atoms with Crippen molar-refractivity contribution < 1.29 is 14.7 Å². The summed E-state index contributed by atoms with van der Waals surface area (Å²) in [5, 5.41) is 11.9. The number of carboxylic acids is 1. The van der Waals surface area contributed by atoms with Crippen molar-refractivity contribution in [2.75, 3.05) is 18.4 Å². The number of halogens is 3. The predicted molar refractivity (Wildman–Crippen MR) is 75.9 cm³/mol. The van der Waals surface area contributed by atoms with E-state index in [-0.39, 0.29) is 13.1 Å². The second kappa shape index (κ2) is 5.56. The van der Waals surface area contributed by atoms with Crippen LogP contribution in [0, 0.1) is 5.92 Å². The highest BCUT2D eigenvalue weighted by atomic mass is 79.9. The molecular formula is C11H9BrCl2N2O3. The molecule has 1 aliphatic heterocycles. The molecule has 1 saturated heterocycles. The summed E-state index contributed by atoms with van der Waals surface area (Å²) in [4.78, 5) is 23.9. The number of carbonyl (C=O) groups excluding carboxylic acids is 1. The number of carbonyl (C=O) groups is 2. The third-order valence-corrected chi connectivity index (χ3v) is 3.81. The summed E-state index contributed by atoms with van der Waals surface area (Å²) in [5.74, 6) is -1.40. The van der Waals surface area contributed by atoms with Gasteiger partial charge in [0, 0.05) is 17.6 Å². The van der Waals surface area contributed by atoms with Crippen molar-refractivity contribution in [2.45, 2.75) is 0 Å². The first-order valence-electron chi connectivity index (χ1n) is 5.31. The van der Waals surface area contributed by atoms with Crippen molar-refractivity contribution in [3.05, 3.63) is 26.7 Å². The largest absolute Gasteiger partial charge is 0.481 e. The van der Waals surface area contributed by atoms with Crippen molar-refractivity contribution in [3.63, 3.8) is 0 Å². The minimum absolute atomic E-state index is 0.187. The first-order valence-corrected chi connectivity index (χ1v) is 6.86. The molecule has 1 heterocycles. The maximum atomic E-state index is 11.8. The van der Waals surface area contributed by atoms with Crippen LogP contribution in [0.25, 0.3) is 0 Å². The normalized spacial score (nSPS) is 15.0. The van der Waals surface area contributed by atoms with Crippen molar-refractivity contribution in [2.24, 2.45) is 5.92 Å². The van der Waals surface area contributed by atoms with E-state index in [2.05, 4.69) is 21.2 Å². The highest BCUT2D eigenvalue weighted by molar-refractivity contribution is 9.10. The van der Waals surface area contributed by atoms with E-state index >= 15 is 0 Å². The summed E-state index contributed by atoms with van der Waals surface area (Å²) >= 11 is 15.2. The van der Waals surface area contributed by atoms with Gasteiger partial charge in [0.2, 0.25) is 0 Å². The Hall–Kier alpha value is -0.980. The number of nitrogens with zero attached hydrogens (tertiary/aromatic N) is 1. The van der Waals surface area contributed by atoms with Gasteiger partial charge in [0.1, 0.15) is 0 Å². The van der Waals surface area contributed by atoms with Crippen LogP contribution in [0.4, 0.5) is 10.5 Å². The lowest BCUT2D eigenvalue weighted by molar-refractivity contribution is -0.145. The summed E-state index contributed by atoms with van der Waals surface area (Å²) in [7, 11) is 0. The van der Waals surface area contributed by atoms with Crippen LogP contribution in [0.1, 0.15) is 0 Å². The van der Waals surface area contributed by atoms with Crippen LogP contribution in [0.15, 0.2) is 16.6 Å². The van der Waals surface area contributed by atoms with Crippen LogP contribution in [0.5, 0.6) is 0 Å². The lowest BCUT2D eigenvalue weighted by atomic mass is 10.0. The minimum atomic E-state index is -0.899. The highest BCUT2D eigenvalue weighted by Crippen LogP contribution is 2.34. The van der Waals surface area contributed by atoms with E-state index in [0.29, 0.717) is 20.2 Å². The highest BCUT2D eigenvalue weighted by Gasteiger charge is 2.35. The van der Waals surface area contributed by atoms with Crippen LogP contribution in [-0.2, 0) is 4.79 Å². The van der Waals surface area contributed by atoms with E-state index in [1.165, 1.54) is 4.90 Å². The fourth-order valence-electron chi connectivity index (χ4n) is 1.65. The fourth-order valence-corrected chi connectivity index (χ4v) is 2.95. The summed E-state index contributed by atoms with van der Waals surface area (Å²) in [6.07, 6.45) is 0. The Morgan fingerprint density at radius 3 is 2.32 bits per heavy atom. The molecule has 19 heavy (non-hydrogen) atoms. The lowest BCUT2D eigenvalue weighted by Crippen LogP contribution is -2.54. The Morgan fingerprint density at radius 2 is 1.84 bits per heavy atom. The zero-order valence-corrected chi connectivity index (χ0v) is 12.6. The zero-order valence-electron chi connectivity index (χ0n) is 9.49. The summed E-state index contributed by atoms with van der Waals surface area (Å²) < 4.78 is 0.704. The Morgan fingerprint density at radius 1 is 1.32 bits per heavy atom. The molecule has 1 aromatic carbocycles. The minimum Gasteiger partial charge on any atom is -0.481 e. The fraction of sp³-hybridized carbons (Fsp3) is 0.273. The Bertz CT molecular complexity index is 524. The third-order valence-electron chi connectivity index (χ3n) is 2.76. The topological polar surface area (TPSA) is 69.6 Å². The third kappa shape index (κ3) is 3.13. The molecule has 0 atom stereocenters. The van der Waals surface area contributed by atoms with Crippen molar-refractivity contribution >= 4 is 56.8 Å². The van der Waals surface area contributed by atoms with Crippen LogP contribution in [0.2, 0.25) is 10.0 Å². The number of carboxylic acid groups (broad SMARTS) is 1. The number of benzene rings is 1. The quantitative estimate of drug-likeness (QED) is 0.842. The molecule has 0 radical (unpaired) electrons. The molecule has 0 aliphatic carbocycles. The van der Waals surface area contributed by atoms with Gasteiger partial charge in [0.15, 0.2) is 0 Å². The molecule has 8 heteroatoms. The number of aliphatic carboxylic acids is 1. The maximum Gasteiger partial charge on any atom is 0.321 e. The number of anilines is 1. The molecular weight excluding hydrogens is 359 g/mol.